The molecule has 0 bridgehead atoms. The summed E-state index contributed by atoms with van der Waals surface area (Å²) in [7, 11) is 0. The third-order valence-corrected chi connectivity index (χ3v) is 3.85. The second-order valence-electron chi connectivity index (χ2n) is 4.84. The molecule has 4 heteroatoms. The monoisotopic (exact) mass is 249 g/mol. The van der Waals surface area contributed by atoms with Crippen LogP contribution >= 0.6 is 0 Å². The molecule has 0 saturated carbocycles. The van der Waals surface area contributed by atoms with Gasteiger partial charge in [0.05, 0.1) is 13.0 Å². The number of ether oxygens (including phenoxy) is 1. The Morgan fingerprint density at radius 1 is 1.56 bits per heavy atom. The van der Waals surface area contributed by atoms with Gasteiger partial charge in [0, 0.05) is 17.0 Å². The first kappa shape index (κ1) is 12.9. The number of carbonyl (C=O) groups is 1. The molecular formula is C14H19NO3. The number of hydrogen-bond acceptors (Lipinski definition) is 3. The van der Waals surface area contributed by atoms with E-state index in [9.17, 15) is 9.90 Å². The van der Waals surface area contributed by atoms with Gasteiger partial charge in [0.15, 0.2) is 0 Å². The lowest BCUT2D eigenvalue weighted by molar-refractivity contribution is -0.139. The largest absolute Gasteiger partial charge is 0.493 e. The summed E-state index contributed by atoms with van der Waals surface area (Å²) < 4.78 is 5.61. The van der Waals surface area contributed by atoms with Crippen LogP contribution < -0.4 is 10.5 Å². The number of aliphatic carboxylic acids is 1. The second-order valence-corrected chi connectivity index (χ2v) is 4.84. The van der Waals surface area contributed by atoms with Gasteiger partial charge in [-0.2, -0.15) is 0 Å². The van der Waals surface area contributed by atoms with Crippen LogP contribution in [0.25, 0.3) is 0 Å². The lowest BCUT2D eigenvalue weighted by atomic mass is 9.67. The van der Waals surface area contributed by atoms with Crippen molar-refractivity contribution in [3.63, 3.8) is 0 Å². The van der Waals surface area contributed by atoms with Gasteiger partial charge in [-0.3, -0.25) is 4.79 Å². The fraction of sp³-hybridized carbons (Fsp3) is 0.500. The Labute approximate surface area is 107 Å². The summed E-state index contributed by atoms with van der Waals surface area (Å²) in [4.78, 5) is 11.2. The molecule has 2 unspecified atom stereocenters. The van der Waals surface area contributed by atoms with Crippen molar-refractivity contribution in [2.75, 3.05) is 6.61 Å². The zero-order chi connectivity index (χ0) is 13.2. The highest BCUT2D eigenvalue weighted by Gasteiger charge is 2.43. The van der Waals surface area contributed by atoms with Crippen LogP contribution in [0.15, 0.2) is 24.3 Å². The van der Waals surface area contributed by atoms with Crippen LogP contribution in [0.4, 0.5) is 0 Å². The maximum Gasteiger partial charge on any atom is 0.304 e. The van der Waals surface area contributed by atoms with Crippen molar-refractivity contribution in [2.45, 2.75) is 37.6 Å². The molecule has 1 aromatic carbocycles. The maximum atomic E-state index is 11.2. The molecule has 4 nitrogen and oxygen atoms in total. The predicted molar refractivity (Wildman–Crippen MR) is 68.8 cm³/mol. The zero-order valence-corrected chi connectivity index (χ0v) is 10.6. The molecule has 0 radical (unpaired) electrons. The number of hydrogen-bond donors (Lipinski definition) is 2. The van der Waals surface area contributed by atoms with Gasteiger partial charge in [0.1, 0.15) is 5.75 Å². The minimum atomic E-state index is -0.810. The van der Waals surface area contributed by atoms with Crippen molar-refractivity contribution >= 4 is 5.97 Å². The van der Waals surface area contributed by atoms with Crippen LogP contribution in [-0.4, -0.2) is 23.7 Å². The molecule has 0 spiro atoms. The summed E-state index contributed by atoms with van der Waals surface area (Å²) in [6, 6.07) is 7.46. The van der Waals surface area contributed by atoms with Crippen molar-refractivity contribution in [2.24, 2.45) is 5.73 Å². The van der Waals surface area contributed by atoms with Crippen LogP contribution in [-0.2, 0) is 10.2 Å². The van der Waals surface area contributed by atoms with Crippen molar-refractivity contribution in [1.82, 2.24) is 0 Å². The van der Waals surface area contributed by atoms with E-state index in [1.807, 2.05) is 31.2 Å². The van der Waals surface area contributed by atoms with E-state index < -0.39 is 11.4 Å². The molecule has 0 aromatic heterocycles. The highest BCUT2D eigenvalue weighted by atomic mass is 16.5. The Bertz CT molecular complexity index is 446. The molecule has 2 rings (SSSR count). The smallest absolute Gasteiger partial charge is 0.304 e. The number of rotatable bonds is 4. The van der Waals surface area contributed by atoms with Gasteiger partial charge >= 0.3 is 5.97 Å². The molecule has 0 amide bonds. The fourth-order valence-corrected chi connectivity index (χ4v) is 2.84. The lowest BCUT2D eigenvalue weighted by Crippen LogP contribution is -2.49. The van der Waals surface area contributed by atoms with Gasteiger partial charge in [-0.25, -0.2) is 0 Å². The Morgan fingerprint density at radius 2 is 2.28 bits per heavy atom. The quantitative estimate of drug-likeness (QED) is 0.855. The number of carboxylic acid groups (broad SMARTS) is 1. The average molecular weight is 249 g/mol. The summed E-state index contributed by atoms with van der Waals surface area (Å²) in [6.07, 6.45) is 1.47. The van der Waals surface area contributed by atoms with E-state index in [0.717, 1.165) is 17.7 Å². The first-order valence-corrected chi connectivity index (χ1v) is 6.30. The van der Waals surface area contributed by atoms with Crippen molar-refractivity contribution in [3.05, 3.63) is 29.8 Å². The molecule has 18 heavy (non-hydrogen) atoms. The van der Waals surface area contributed by atoms with Crippen LogP contribution in [0.1, 0.15) is 31.7 Å². The fourth-order valence-electron chi connectivity index (χ4n) is 2.84. The van der Waals surface area contributed by atoms with E-state index in [1.165, 1.54) is 0 Å². The molecule has 3 N–H and O–H groups in total. The molecule has 2 atom stereocenters. The van der Waals surface area contributed by atoms with Crippen molar-refractivity contribution < 1.29 is 14.6 Å². The molecule has 0 saturated heterocycles. The Hall–Kier alpha value is -1.55. The zero-order valence-electron chi connectivity index (χ0n) is 10.6. The normalized spacial score (nSPS) is 23.9. The number of carboxylic acids is 1. The lowest BCUT2D eigenvalue weighted by Gasteiger charge is -2.42. The van der Waals surface area contributed by atoms with E-state index in [0.29, 0.717) is 13.0 Å². The molecule has 1 aromatic rings. The van der Waals surface area contributed by atoms with Gasteiger partial charge in [-0.1, -0.05) is 25.1 Å². The average Bonchev–Trinajstić information content (AvgIpc) is 2.37. The van der Waals surface area contributed by atoms with Crippen LogP contribution in [0, 0.1) is 0 Å². The molecule has 0 aliphatic carbocycles. The minimum absolute atomic E-state index is 0.0579. The Balaban J connectivity index is 2.51. The summed E-state index contributed by atoms with van der Waals surface area (Å²) in [5.41, 5.74) is 6.66. The predicted octanol–water partition coefficient (Wildman–Crippen LogP) is 1.92. The first-order chi connectivity index (χ1) is 8.60. The number of benzene rings is 1. The van der Waals surface area contributed by atoms with Gasteiger partial charge in [0.2, 0.25) is 0 Å². The number of nitrogens with two attached hydrogens (primary N) is 1. The summed E-state index contributed by atoms with van der Waals surface area (Å²) in [5, 5.41) is 9.20. The van der Waals surface area contributed by atoms with Crippen LogP contribution in [0.5, 0.6) is 5.75 Å². The summed E-state index contributed by atoms with van der Waals surface area (Å²) >= 11 is 0. The summed E-state index contributed by atoms with van der Waals surface area (Å²) in [6.45, 7) is 2.52. The second kappa shape index (κ2) is 4.98. The van der Waals surface area contributed by atoms with Crippen molar-refractivity contribution in [3.8, 4) is 5.75 Å². The highest BCUT2D eigenvalue weighted by Crippen LogP contribution is 2.43. The van der Waals surface area contributed by atoms with E-state index in [-0.39, 0.29) is 12.5 Å². The highest BCUT2D eigenvalue weighted by molar-refractivity contribution is 5.70. The number of para-hydroxylation sites is 1. The van der Waals surface area contributed by atoms with Crippen LogP contribution in [0.3, 0.4) is 0 Å². The molecular weight excluding hydrogens is 230 g/mol. The molecule has 0 fully saturated rings. The van der Waals surface area contributed by atoms with E-state index >= 15 is 0 Å². The number of fused-ring (bicyclic) bond motifs is 1. The summed E-state index contributed by atoms with van der Waals surface area (Å²) in [5.74, 6) is -0.0375. The third-order valence-electron chi connectivity index (χ3n) is 3.85. The molecule has 1 aliphatic rings. The van der Waals surface area contributed by atoms with Crippen LogP contribution in [0.2, 0.25) is 0 Å². The molecule has 1 heterocycles. The third kappa shape index (κ3) is 2.08. The van der Waals surface area contributed by atoms with E-state index in [1.54, 1.807) is 0 Å². The first-order valence-electron chi connectivity index (χ1n) is 6.30. The molecule has 1 aliphatic heterocycles. The van der Waals surface area contributed by atoms with Gasteiger partial charge in [0.25, 0.3) is 0 Å². The van der Waals surface area contributed by atoms with Crippen molar-refractivity contribution in [1.29, 1.82) is 0 Å². The van der Waals surface area contributed by atoms with E-state index in [2.05, 4.69) is 0 Å². The Kier molecular flexibility index (Phi) is 3.57. The van der Waals surface area contributed by atoms with E-state index in [4.69, 9.17) is 10.5 Å². The standard InChI is InChI=1S/C14H19NO3/c1-2-12(15)14(9-13(16)17)7-8-18-11-6-4-3-5-10(11)14/h3-6,12H,2,7-9,15H2,1H3,(H,16,17). The minimum Gasteiger partial charge on any atom is -0.493 e. The topological polar surface area (TPSA) is 72.6 Å². The van der Waals surface area contributed by atoms with Gasteiger partial charge < -0.3 is 15.6 Å². The maximum absolute atomic E-state index is 11.2. The van der Waals surface area contributed by atoms with Gasteiger partial charge in [-0.15, -0.1) is 0 Å². The molecule has 98 valence electrons. The van der Waals surface area contributed by atoms with Gasteiger partial charge in [-0.05, 0) is 18.9 Å². The SMILES string of the molecule is CCC(N)C1(CC(=O)O)CCOc2ccccc21. The Morgan fingerprint density at radius 3 is 2.94 bits per heavy atom.